The van der Waals surface area contributed by atoms with Crippen molar-refractivity contribution in [2.45, 2.75) is 6.54 Å². The van der Waals surface area contributed by atoms with Gasteiger partial charge in [0.2, 0.25) is 0 Å². The Kier molecular flexibility index (Phi) is 6.32. The number of imidazole rings is 1. The van der Waals surface area contributed by atoms with Gasteiger partial charge in [-0.15, -0.1) is 0 Å². The third-order valence-electron chi connectivity index (χ3n) is 5.37. The first-order chi connectivity index (χ1) is 17.1. The minimum Gasteiger partial charge on any atom is -0.491 e. The van der Waals surface area contributed by atoms with Crippen LogP contribution in [0.15, 0.2) is 73.1 Å². The summed E-state index contributed by atoms with van der Waals surface area (Å²) in [5.41, 5.74) is 9.52. The van der Waals surface area contributed by atoms with Crippen LogP contribution in [0.4, 0.5) is 14.5 Å². The van der Waals surface area contributed by atoms with E-state index in [1.807, 2.05) is 42.5 Å². The van der Waals surface area contributed by atoms with Crippen LogP contribution in [0.3, 0.4) is 0 Å². The van der Waals surface area contributed by atoms with Crippen LogP contribution in [-0.2, 0) is 6.54 Å². The van der Waals surface area contributed by atoms with Gasteiger partial charge in [0.15, 0.2) is 0 Å². The van der Waals surface area contributed by atoms with Crippen molar-refractivity contribution < 1.29 is 13.5 Å². The molecule has 176 valence electrons. The van der Waals surface area contributed by atoms with E-state index in [1.54, 1.807) is 12.4 Å². The van der Waals surface area contributed by atoms with Gasteiger partial charge in [-0.2, -0.15) is 0 Å². The third kappa shape index (κ3) is 4.95. The second kappa shape index (κ2) is 9.86. The number of halogens is 2. The number of aromatic nitrogens is 4. The molecule has 0 aliphatic rings. The lowest BCUT2D eigenvalue weighted by molar-refractivity contribution is 0.327. The Hall–Kier alpha value is -4.37. The summed E-state index contributed by atoms with van der Waals surface area (Å²) in [4.78, 5) is 17.0. The normalized spacial score (nSPS) is 11.1. The molecule has 0 spiro atoms. The van der Waals surface area contributed by atoms with Crippen molar-refractivity contribution in [1.82, 2.24) is 19.9 Å². The number of pyridine rings is 2. The van der Waals surface area contributed by atoms with E-state index >= 15 is 0 Å². The number of nitrogens with zero attached hydrogens (tertiary/aromatic N) is 3. The number of hydrogen-bond acceptors (Lipinski definition) is 6. The van der Waals surface area contributed by atoms with Gasteiger partial charge in [0.05, 0.1) is 41.0 Å². The molecule has 0 saturated carbocycles. The number of anilines is 1. The fraction of sp³-hybridized carbons (Fsp3) is 0.115. The van der Waals surface area contributed by atoms with Crippen molar-refractivity contribution in [3.8, 4) is 28.4 Å². The highest BCUT2D eigenvalue weighted by atomic mass is 19.1. The Balaban J connectivity index is 1.51. The smallest absolute Gasteiger partial charge is 0.149 e. The summed E-state index contributed by atoms with van der Waals surface area (Å²) in [5, 5.41) is 3.85. The summed E-state index contributed by atoms with van der Waals surface area (Å²) in [6.07, 6.45) is 3.38. The average Bonchev–Trinajstić information content (AvgIpc) is 3.31. The quantitative estimate of drug-likeness (QED) is 0.297. The Morgan fingerprint density at radius 3 is 2.71 bits per heavy atom. The SMILES string of the molecule is NCCOc1cnc2ccc(-c3nc(CNc4ccc(F)cc4F)[nH]c3-c3ccccn3)cc2c1. The molecular weight excluding hydrogens is 450 g/mol. The molecule has 0 bridgehead atoms. The number of nitrogens with two attached hydrogens (primary N) is 1. The highest BCUT2D eigenvalue weighted by Crippen LogP contribution is 2.32. The zero-order valence-electron chi connectivity index (χ0n) is 18.6. The second-order valence-electron chi connectivity index (χ2n) is 7.82. The molecule has 7 nitrogen and oxygen atoms in total. The van der Waals surface area contributed by atoms with Crippen LogP contribution < -0.4 is 15.8 Å². The van der Waals surface area contributed by atoms with Gasteiger partial charge < -0.3 is 20.8 Å². The molecule has 0 radical (unpaired) electrons. The van der Waals surface area contributed by atoms with E-state index in [0.29, 0.717) is 36.1 Å². The van der Waals surface area contributed by atoms with Crippen LogP contribution in [0.1, 0.15) is 5.82 Å². The van der Waals surface area contributed by atoms with Gasteiger partial charge in [-0.3, -0.25) is 9.97 Å². The molecule has 0 aliphatic carbocycles. The lowest BCUT2D eigenvalue weighted by Crippen LogP contribution is -2.10. The molecule has 9 heteroatoms. The molecular formula is C26H22F2N6O. The standard InChI is InChI=1S/C26H22F2N6O/c27-18-5-7-22(20(28)13-18)32-15-24-33-25(26(34-24)23-3-1-2-9-30-23)16-4-6-21-17(11-16)12-19(14-31-21)35-10-8-29/h1-7,9,11-14,32H,8,10,15,29H2,(H,33,34). The van der Waals surface area contributed by atoms with Crippen molar-refractivity contribution in [2.24, 2.45) is 5.73 Å². The topological polar surface area (TPSA) is 102 Å². The lowest BCUT2D eigenvalue weighted by Gasteiger charge is -2.07. The minimum atomic E-state index is -0.670. The van der Waals surface area contributed by atoms with Gasteiger partial charge in [0, 0.05) is 29.8 Å². The van der Waals surface area contributed by atoms with Crippen LogP contribution in [-0.4, -0.2) is 33.1 Å². The number of aromatic amines is 1. The number of nitrogens with one attached hydrogen (secondary N) is 2. The van der Waals surface area contributed by atoms with E-state index < -0.39 is 11.6 Å². The van der Waals surface area contributed by atoms with Gasteiger partial charge in [-0.05, 0) is 42.5 Å². The Bertz CT molecular complexity index is 1470. The molecule has 3 aromatic heterocycles. The number of hydrogen-bond donors (Lipinski definition) is 3. The van der Waals surface area contributed by atoms with E-state index in [9.17, 15) is 8.78 Å². The summed E-state index contributed by atoms with van der Waals surface area (Å²) in [6, 6.07) is 16.8. The molecule has 5 rings (SSSR count). The average molecular weight is 472 g/mol. The molecule has 35 heavy (non-hydrogen) atoms. The Labute approximate surface area is 200 Å². The number of fused-ring (bicyclic) bond motifs is 1. The molecule has 0 amide bonds. The molecule has 5 aromatic rings. The summed E-state index contributed by atoms with van der Waals surface area (Å²) in [5.74, 6) is -0.0921. The van der Waals surface area contributed by atoms with E-state index in [2.05, 4.69) is 20.3 Å². The maximum atomic E-state index is 14.1. The fourth-order valence-corrected chi connectivity index (χ4v) is 3.74. The van der Waals surface area contributed by atoms with E-state index in [4.69, 9.17) is 15.5 Å². The highest BCUT2D eigenvalue weighted by Gasteiger charge is 2.16. The zero-order chi connectivity index (χ0) is 24.2. The second-order valence-corrected chi connectivity index (χ2v) is 7.82. The van der Waals surface area contributed by atoms with E-state index in [0.717, 1.165) is 28.2 Å². The summed E-state index contributed by atoms with van der Waals surface area (Å²) < 4.78 is 32.9. The molecule has 4 N–H and O–H groups in total. The van der Waals surface area contributed by atoms with Gasteiger partial charge in [-0.1, -0.05) is 12.1 Å². The van der Waals surface area contributed by atoms with Gasteiger partial charge >= 0.3 is 0 Å². The molecule has 0 fully saturated rings. The predicted molar refractivity (Wildman–Crippen MR) is 131 cm³/mol. The van der Waals surface area contributed by atoms with Crippen LogP contribution in [0.2, 0.25) is 0 Å². The van der Waals surface area contributed by atoms with E-state index in [1.165, 1.54) is 12.1 Å². The number of rotatable bonds is 8. The first-order valence-electron chi connectivity index (χ1n) is 11.0. The van der Waals surface area contributed by atoms with Gasteiger partial charge in [0.25, 0.3) is 0 Å². The summed E-state index contributed by atoms with van der Waals surface area (Å²) >= 11 is 0. The van der Waals surface area contributed by atoms with Gasteiger partial charge in [0.1, 0.15) is 29.8 Å². The van der Waals surface area contributed by atoms with Gasteiger partial charge in [-0.25, -0.2) is 13.8 Å². The van der Waals surface area contributed by atoms with Crippen molar-refractivity contribution >= 4 is 16.6 Å². The largest absolute Gasteiger partial charge is 0.491 e. The molecule has 3 heterocycles. The summed E-state index contributed by atoms with van der Waals surface area (Å²) in [7, 11) is 0. The number of benzene rings is 2. The number of H-pyrrole nitrogens is 1. The van der Waals surface area contributed by atoms with E-state index in [-0.39, 0.29) is 12.2 Å². The highest BCUT2D eigenvalue weighted by molar-refractivity contribution is 5.87. The fourth-order valence-electron chi connectivity index (χ4n) is 3.74. The molecule has 0 atom stereocenters. The molecule has 2 aromatic carbocycles. The van der Waals surface area contributed by atoms with Crippen LogP contribution in [0, 0.1) is 11.6 Å². The Morgan fingerprint density at radius 1 is 1.00 bits per heavy atom. The lowest BCUT2D eigenvalue weighted by atomic mass is 10.1. The molecule has 0 saturated heterocycles. The monoisotopic (exact) mass is 472 g/mol. The van der Waals surface area contributed by atoms with Crippen LogP contribution in [0.5, 0.6) is 5.75 Å². The first-order valence-corrected chi connectivity index (χ1v) is 11.0. The maximum absolute atomic E-state index is 14.1. The Morgan fingerprint density at radius 2 is 1.91 bits per heavy atom. The van der Waals surface area contributed by atoms with Crippen molar-refractivity contribution in [3.63, 3.8) is 0 Å². The first kappa shape index (κ1) is 22.4. The summed E-state index contributed by atoms with van der Waals surface area (Å²) in [6.45, 7) is 1.02. The van der Waals surface area contributed by atoms with Crippen molar-refractivity contribution in [1.29, 1.82) is 0 Å². The molecule has 0 unspecified atom stereocenters. The van der Waals surface area contributed by atoms with Crippen LogP contribution >= 0.6 is 0 Å². The molecule has 0 aliphatic heterocycles. The van der Waals surface area contributed by atoms with Crippen LogP contribution in [0.25, 0.3) is 33.5 Å². The van der Waals surface area contributed by atoms with Crippen molar-refractivity contribution in [2.75, 3.05) is 18.5 Å². The third-order valence-corrected chi connectivity index (χ3v) is 5.37. The number of ether oxygens (including phenoxy) is 1. The zero-order valence-corrected chi connectivity index (χ0v) is 18.6. The maximum Gasteiger partial charge on any atom is 0.149 e. The minimum absolute atomic E-state index is 0.186. The van der Waals surface area contributed by atoms with Crippen molar-refractivity contribution in [3.05, 3.63) is 90.5 Å². The predicted octanol–water partition coefficient (Wildman–Crippen LogP) is 4.91.